The summed E-state index contributed by atoms with van der Waals surface area (Å²) in [5, 5.41) is 0. The fraction of sp³-hybridized carbons (Fsp3) is 0. The van der Waals surface area contributed by atoms with Crippen molar-refractivity contribution in [3.05, 3.63) is 0 Å². The second kappa shape index (κ2) is 24.4. The Bertz CT molecular complexity index is 11.6. The van der Waals surface area contributed by atoms with E-state index in [9.17, 15) is 0 Å². The van der Waals surface area contributed by atoms with Crippen molar-refractivity contribution in [3.63, 3.8) is 0 Å². The minimum absolute atomic E-state index is 0. The normalized spacial score (nSPS) is 0. The molecule has 1 unspecified atom stereocenters. The van der Waals surface area contributed by atoms with Crippen molar-refractivity contribution in [1.82, 2.24) is 0 Å². The summed E-state index contributed by atoms with van der Waals surface area (Å²) in [6.07, 6.45) is 0. The predicted octanol–water partition coefficient (Wildman–Crippen LogP) is -4.47. The Kier molecular flexibility index (Phi) is 175. The van der Waals surface area contributed by atoms with E-state index in [-0.39, 0.29) is 123 Å². The molecule has 5 heteroatoms. The molecule has 0 radical (unpaired) electrons. The van der Waals surface area contributed by atoms with Crippen molar-refractivity contribution < 1.29 is 17.1 Å². The molecule has 0 fully saturated rings. The van der Waals surface area contributed by atoms with Gasteiger partial charge in [0.25, 0.3) is 0 Å². The summed E-state index contributed by atoms with van der Waals surface area (Å²) in [6.45, 7) is 0. The number of rotatable bonds is 0. The van der Waals surface area contributed by atoms with E-state index >= 15 is 0 Å². The first-order valence-electron chi connectivity index (χ1n) is 0. The first kappa shape index (κ1) is 35.8. The van der Waals surface area contributed by atoms with Crippen molar-refractivity contribution in [2.24, 2.45) is 0 Å². The van der Waals surface area contributed by atoms with Gasteiger partial charge in [0.05, 0.1) is 0 Å². The van der Waals surface area contributed by atoms with E-state index in [2.05, 4.69) is 0 Å². The molecule has 0 aromatic heterocycles. The molecule has 0 saturated heterocycles. The molecule has 0 spiro atoms. The van der Waals surface area contributed by atoms with E-state index in [1.54, 1.807) is 0 Å². The molecule has 0 amide bonds. The van der Waals surface area contributed by atoms with E-state index < -0.39 is 0 Å². The van der Waals surface area contributed by atoms with Gasteiger partial charge in [-0.3, -0.25) is 0 Å². The average molecular weight is 513 g/mol. The molecule has 0 aliphatic carbocycles. The van der Waals surface area contributed by atoms with Crippen LogP contribution in [0.1, 0.15) is 0 Å². The first-order chi connectivity index (χ1) is 0. The Hall–Kier alpha value is 4.04. The zero-order valence-corrected chi connectivity index (χ0v) is 16.1. The fourth-order valence-corrected chi connectivity index (χ4v) is 0. The fourth-order valence-electron chi connectivity index (χ4n) is 0. The molecule has 0 N–H and O–H groups in total. The van der Waals surface area contributed by atoms with Crippen molar-refractivity contribution in [2.75, 3.05) is 0 Å². The second-order valence-electron chi connectivity index (χ2n) is 0. The Morgan fingerprint density at radius 2 is 1.00 bits per heavy atom. The van der Waals surface area contributed by atoms with E-state index in [0.717, 1.165) is 0 Å². The summed E-state index contributed by atoms with van der Waals surface area (Å²) in [5.41, 5.74) is 0. The molecule has 0 aromatic rings. The van der Waals surface area contributed by atoms with Crippen LogP contribution < -0.4 is 0 Å². The topological polar surface area (TPSA) is 0 Å². The monoisotopic (exact) mass is 512 g/mol. The first-order valence-corrected chi connectivity index (χ1v) is 0. The molecule has 0 heterocycles. The van der Waals surface area contributed by atoms with E-state index in [4.69, 9.17) is 0 Å². The molecule has 1 atom stereocenters. The van der Waals surface area contributed by atoms with Gasteiger partial charge in [0.15, 0.2) is 0 Å². The van der Waals surface area contributed by atoms with Crippen LogP contribution in [-0.2, 0) is 17.1 Å². The summed E-state index contributed by atoms with van der Waals surface area (Å²) < 4.78 is 0. The summed E-state index contributed by atoms with van der Waals surface area (Å²) in [7, 11) is 0. The molecular weight excluding hydrogens is 502 g/mol. The van der Waals surface area contributed by atoms with Crippen LogP contribution in [0, 0.1) is 0 Å². The molecular formula is H11AsBiCaFeSb. The van der Waals surface area contributed by atoms with Crippen LogP contribution in [0.4, 0.5) is 0 Å². The van der Waals surface area contributed by atoms with Crippen LogP contribution in [0.15, 0.2) is 0 Å². The zero-order valence-electron chi connectivity index (χ0n) is 2.47. The SMILES string of the molecule is [AsH3].[BiH3].[CaH2].[Fe].[SbH3]. The maximum absolute atomic E-state index is 0. The van der Waals surface area contributed by atoms with Crippen LogP contribution in [0.2, 0.25) is 0 Å². The third kappa shape index (κ3) is 18.0. The number of hydrogen-bond donors (Lipinski definition) is 0. The van der Waals surface area contributed by atoms with Gasteiger partial charge in [0, 0.05) is 17.1 Å². The quantitative estimate of drug-likeness (QED) is 0.288. The van der Waals surface area contributed by atoms with Crippen LogP contribution in [0.3, 0.4) is 0 Å². The van der Waals surface area contributed by atoms with Gasteiger partial charge in [-0.15, -0.1) is 0 Å². The zero-order chi connectivity index (χ0) is 0. The molecule has 0 aliphatic heterocycles. The van der Waals surface area contributed by atoms with Crippen molar-refractivity contribution >= 4 is 106 Å². The Labute approximate surface area is 120 Å². The van der Waals surface area contributed by atoms with Crippen molar-refractivity contribution in [3.8, 4) is 0 Å². The van der Waals surface area contributed by atoms with Gasteiger partial charge >= 0.3 is 106 Å². The van der Waals surface area contributed by atoms with Gasteiger partial charge < -0.3 is 0 Å². The number of hydrogen-bond acceptors (Lipinski definition) is 0. The Morgan fingerprint density at radius 1 is 1.00 bits per heavy atom. The summed E-state index contributed by atoms with van der Waals surface area (Å²) in [4.78, 5) is 0. The van der Waals surface area contributed by atoms with Crippen molar-refractivity contribution in [1.29, 1.82) is 0 Å². The average Bonchev–Trinajstić information content (AvgIpc) is 0. The predicted molar refractivity (Wildman–Crippen MR) is 38.4 cm³/mol. The summed E-state index contributed by atoms with van der Waals surface area (Å²) in [6, 6.07) is 0. The summed E-state index contributed by atoms with van der Waals surface area (Å²) >= 11 is 0. The maximum atomic E-state index is 0. The molecule has 0 nitrogen and oxygen atoms in total. The van der Waals surface area contributed by atoms with Gasteiger partial charge in [-0.25, -0.2) is 0 Å². The van der Waals surface area contributed by atoms with Gasteiger partial charge in [-0.1, -0.05) is 0 Å². The van der Waals surface area contributed by atoms with Gasteiger partial charge in [0.1, 0.15) is 0 Å². The van der Waals surface area contributed by atoms with Crippen LogP contribution >= 0.6 is 0 Å². The van der Waals surface area contributed by atoms with E-state index in [1.807, 2.05) is 0 Å². The van der Waals surface area contributed by atoms with Crippen LogP contribution in [0.25, 0.3) is 0 Å². The minimum atomic E-state index is 0. The molecule has 0 bridgehead atoms. The third-order valence-electron chi connectivity index (χ3n) is 0. The van der Waals surface area contributed by atoms with Crippen molar-refractivity contribution in [2.45, 2.75) is 0 Å². The van der Waals surface area contributed by atoms with Gasteiger partial charge in [0.2, 0.25) is 0 Å². The third-order valence-corrected chi connectivity index (χ3v) is 0. The van der Waals surface area contributed by atoms with Crippen LogP contribution in [-0.4, -0.2) is 106 Å². The molecule has 36 valence electrons. The molecule has 0 aliphatic rings. The molecule has 0 saturated carbocycles. The van der Waals surface area contributed by atoms with Gasteiger partial charge in [-0.05, 0) is 0 Å². The molecule has 5 heavy (non-hydrogen) atoms. The van der Waals surface area contributed by atoms with E-state index in [1.165, 1.54) is 0 Å². The standard InChI is InChI=1S/AsH3.Bi.Ca.Fe.Sb.8H/h1H3;;;;;;;;;;;;. The molecule has 0 rings (SSSR count). The van der Waals surface area contributed by atoms with E-state index in [0.29, 0.717) is 0 Å². The Balaban J connectivity index is 0. The Morgan fingerprint density at radius 3 is 1.00 bits per heavy atom. The van der Waals surface area contributed by atoms with Crippen LogP contribution in [0.5, 0.6) is 0 Å². The molecule has 0 aromatic carbocycles. The second-order valence-corrected chi connectivity index (χ2v) is 0. The summed E-state index contributed by atoms with van der Waals surface area (Å²) in [5.74, 6) is 0. The van der Waals surface area contributed by atoms with Gasteiger partial charge in [-0.2, -0.15) is 0 Å².